The molecule has 0 spiro atoms. The number of benzene rings is 3. The Bertz CT molecular complexity index is 1330. The third-order valence-electron chi connectivity index (χ3n) is 5.31. The largest absolute Gasteiger partial charge is 0.497 e. The van der Waals surface area contributed by atoms with Gasteiger partial charge in [0, 0.05) is 12.0 Å². The van der Waals surface area contributed by atoms with Gasteiger partial charge in [0.1, 0.15) is 11.8 Å². The molecule has 0 aliphatic carbocycles. The monoisotopic (exact) mass is 555 g/mol. The molecule has 0 saturated heterocycles. The Kier molecular flexibility index (Phi) is 11.2. The molecule has 2 N–H and O–H groups in total. The van der Waals surface area contributed by atoms with Gasteiger partial charge in [0.2, 0.25) is 10.0 Å². The number of nitrogens with one attached hydrogen (secondary N) is 1. The van der Waals surface area contributed by atoms with Gasteiger partial charge in [-0.1, -0.05) is 54.3 Å². The second kappa shape index (κ2) is 14.6. The highest BCUT2D eigenvalue weighted by molar-refractivity contribution is 7.99. The van der Waals surface area contributed by atoms with Crippen LogP contribution >= 0.6 is 11.8 Å². The molecule has 0 amide bonds. The van der Waals surface area contributed by atoms with Crippen molar-refractivity contribution >= 4 is 27.8 Å². The predicted octanol–water partition coefficient (Wildman–Crippen LogP) is 3.92. The normalized spacial score (nSPS) is 12.7. The van der Waals surface area contributed by atoms with E-state index in [1.165, 1.54) is 31.0 Å². The van der Waals surface area contributed by atoms with Crippen molar-refractivity contribution in [1.29, 1.82) is 0 Å². The van der Waals surface area contributed by atoms with Crippen LogP contribution in [0.15, 0.2) is 88.7 Å². The maximum atomic E-state index is 13.2. The number of hydrogen-bond donors (Lipinski definition) is 2. The fraction of sp³-hybridized carbons (Fsp3) is 0.250. The summed E-state index contributed by atoms with van der Waals surface area (Å²) in [5.74, 6) is 5.34. The number of carbonyl (C=O) groups is 1. The highest BCUT2D eigenvalue weighted by atomic mass is 32.2. The van der Waals surface area contributed by atoms with Crippen molar-refractivity contribution in [1.82, 2.24) is 4.72 Å². The summed E-state index contributed by atoms with van der Waals surface area (Å²) in [5.41, 5.74) is 1.70. The molecule has 0 unspecified atom stereocenters. The van der Waals surface area contributed by atoms with Crippen molar-refractivity contribution in [3.05, 3.63) is 78.9 Å². The lowest BCUT2D eigenvalue weighted by atomic mass is 10.1. The Morgan fingerprint density at radius 3 is 2.16 bits per heavy atom. The molecule has 0 aromatic heterocycles. The zero-order valence-corrected chi connectivity index (χ0v) is 22.6. The molecule has 3 aromatic rings. The molecule has 10 heteroatoms. The number of sulfonamides is 1. The van der Waals surface area contributed by atoms with E-state index in [4.69, 9.17) is 14.2 Å². The first kappa shape index (κ1) is 29.2. The second-order valence-corrected chi connectivity index (χ2v) is 10.7. The van der Waals surface area contributed by atoms with Crippen LogP contribution in [0.2, 0.25) is 0 Å². The molecular weight excluding hydrogens is 526 g/mol. The predicted molar refractivity (Wildman–Crippen MR) is 147 cm³/mol. The highest BCUT2D eigenvalue weighted by Crippen LogP contribution is 2.24. The highest BCUT2D eigenvalue weighted by Gasteiger charge is 2.32. The summed E-state index contributed by atoms with van der Waals surface area (Å²) in [4.78, 5) is 12.9. The van der Waals surface area contributed by atoms with Gasteiger partial charge in [0.15, 0.2) is 6.10 Å². The van der Waals surface area contributed by atoms with Crippen molar-refractivity contribution in [2.24, 2.45) is 0 Å². The summed E-state index contributed by atoms with van der Waals surface area (Å²) >= 11 is 1.45. The number of ether oxygens (including phenoxy) is 3. The molecule has 0 radical (unpaired) electrons. The van der Waals surface area contributed by atoms with Gasteiger partial charge in [-0.25, -0.2) is 13.2 Å². The minimum absolute atomic E-state index is 0.0266. The van der Waals surface area contributed by atoms with Crippen LogP contribution in [0.1, 0.15) is 0 Å². The lowest BCUT2D eigenvalue weighted by Crippen LogP contribution is -2.47. The van der Waals surface area contributed by atoms with E-state index in [1.807, 2.05) is 54.6 Å². The van der Waals surface area contributed by atoms with Gasteiger partial charge in [-0.2, -0.15) is 4.72 Å². The average Bonchev–Trinajstić information content (AvgIpc) is 2.93. The average molecular weight is 556 g/mol. The number of methoxy groups -OCH3 is 2. The summed E-state index contributed by atoms with van der Waals surface area (Å²) in [5, 5.41) is 9.76. The Hall–Kier alpha value is -3.33. The molecule has 0 aliphatic heterocycles. The topological polar surface area (TPSA) is 111 Å². The molecule has 38 heavy (non-hydrogen) atoms. The van der Waals surface area contributed by atoms with Crippen molar-refractivity contribution < 1.29 is 32.5 Å². The third kappa shape index (κ3) is 8.62. The summed E-state index contributed by atoms with van der Waals surface area (Å²) in [6.07, 6.45) is -1.53. The van der Waals surface area contributed by atoms with Crippen LogP contribution in [0, 0.1) is 11.8 Å². The maximum absolute atomic E-state index is 13.2. The van der Waals surface area contributed by atoms with E-state index in [0.29, 0.717) is 11.5 Å². The lowest BCUT2D eigenvalue weighted by Gasteiger charge is -2.21. The van der Waals surface area contributed by atoms with Crippen LogP contribution in [0.4, 0.5) is 0 Å². The maximum Gasteiger partial charge on any atom is 0.335 e. The number of rotatable bonds is 13. The SMILES string of the molecule is COCCO[C@@H](C(=O)O)[C@H](C#CCSc1ccccc1)NS(=O)(=O)c1ccc(-c2ccc(OC)cc2)cc1. The number of thioether (sulfide) groups is 1. The van der Waals surface area contributed by atoms with Gasteiger partial charge in [-0.3, -0.25) is 0 Å². The first-order valence-electron chi connectivity index (χ1n) is 11.6. The van der Waals surface area contributed by atoms with Gasteiger partial charge in [-0.15, -0.1) is 11.8 Å². The number of carboxylic acids is 1. The van der Waals surface area contributed by atoms with Crippen LogP contribution in [-0.4, -0.2) is 64.8 Å². The Morgan fingerprint density at radius 1 is 0.947 bits per heavy atom. The minimum Gasteiger partial charge on any atom is -0.497 e. The first-order chi connectivity index (χ1) is 18.3. The van der Waals surface area contributed by atoms with Gasteiger partial charge < -0.3 is 19.3 Å². The number of aliphatic carboxylic acids is 1. The first-order valence-corrected chi connectivity index (χ1v) is 14.1. The van der Waals surface area contributed by atoms with E-state index in [1.54, 1.807) is 19.2 Å². The van der Waals surface area contributed by atoms with Gasteiger partial charge in [0.25, 0.3) is 0 Å². The van der Waals surface area contributed by atoms with E-state index in [0.717, 1.165) is 16.0 Å². The van der Waals surface area contributed by atoms with E-state index in [9.17, 15) is 18.3 Å². The summed E-state index contributed by atoms with van der Waals surface area (Å²) in [7, 11) is -1.09. The summed E-state index contributed by atoms with van der Waals surface area (Å²) < 4.78 is 44.4. The third-order valence-corrected chi connectivity index (χ3v) is 7.66. The Labute approximate surface area is 227 Å². The zero-order chi connectivity index (χ0) is 27.4. The van der Waals surface area contributed by atoms with Crippen LogP contribution in [0.25, 0.3) is 11.1 Å². The van der Waals surface area contributed by atoms with Crippen LogP contribution in [0.3, 0.4) is 0 Å². The Morgan fingerprint density at radius 2 is 1.58 bits per heavy atom. The molecule has 2 atom stereocenters. The van der Waals surface area contributed by atoms with Crippen LogP contribution < -0.4 is 9.46 Å². The van der Waals surface area contributed by atoms with E-state index >= 15 is 0 Å². The molecule has 3 rings (SSSR count). The van der Waals surface area contributed by atoms with Crippen LogP contribution in [-0.2, 0) is 24.3 Å². The summed E-state index contributed by atoms with van der Waals surface area (Å²) in [6, 6.07) is 21.9. The Balaban J connectivity index is 1.80. The quantitative estimate of drug-likeness (QED) is 0.186. The van der Waals surface area contributed by atoms with Crippen molar-refractivity contribution in [3.63, 3.8) is 0 Å². The van der Waals surface area contributed by atoms with Gasteiger partial charge in [-0.05, 0) is 47.5 Å². The minimum atomic E-state index is -4.12. The van der Waals surface area contributed by atoms with Gasteiger partial charge in [0.05, 0.1) is 31.0 Å². The smallest absolute Gasteiger partial charge is 0.335 e. The van der Waals surface area contributed by atoms with E-state index in [-0.39, 0.29) is 18.1 Å². The second-order valence-electron chi connectivity index (χ2n) is 7.90. The molecule has 0 bridgehead atoms. The van der Waals surface area contributed by atoms with Crippen molar-refractivity contribution in [3.8, 4) is 28.7 Å². The fourth-order valence-electron chi connectivity index (χ4n) is 3.37. The number of hydrogen-bond acceptors (Lipinski definition) is 7. The van der Waals surface area contributed by atoms with E-state index in [2.05, 4.69) is 16.6 Å². The molecular formula is C28H29NO7S2. The molecule has 200 valence electrons. The molecule has 8 nitrogen and oxygen atoms in total. The van der Waals surface area contributed by atoms with Crippen LogP contribution in [0.5, 0.6) is 5.75 Å². The fourth-order valence-corrected chi connectivity index (χ4v) is 5.19. The zero-order valence-electron chi connectivity index (χ0n) is 21.0. The molecule has 0 saturated carbocycles. The molecule has 0 fully saturated rings. The van der Waals surface area contributed by atoms with Crippen molar-refractivity contribution in [2.45, 2.75) is 21.9 Å². The summed E-state index contributed by atoms with van der Waals surface area (Å²) in [6.45, 7) is 0.107. The van der Waals surface area contributed by atoms with Crippen molar-refractivity contribution in [2.75, 3.05) is 33.2 Å². The number of carboxylic acid groups (broad SMARTS) is 1. The molecule has 3 aromatic carbocycles. The standard InChI is InChI=1S/C28H29NO7S2/c1-34-18-19-36-27(28(30)31)26(9-6-20-37-24-7-4-3-5-8-24)29-38(32,33)25-16-12-22(13-17-25)21-10-14-23(35-2)15-11-21/h3-5,7-8,10-17,26-27,29H,18-20H2,1-2H3,(H,30,31)/t26-,27+/m0/s1. The molecule has 0 aliphatic rings. The lowest BCUT2D eigenvalue weighted by molar-refractivity contribution is -0.151. The van der Waals surface area contributed by atoms with Gasteiger partial charge >= 0.3 is 5.97 Å². The van der Waals surface area contributed by atoms with E-state index < -0.39 is 28.1 Å². The molecule has 0 heterocycles.